The second kappa shape index (κ2) is 23.1. The first-order valence-electron chi connectivity index (χ1n) is 33.0. The summed E-state index contributed by atoms with van der Waals surface area (Å²) in [6.07, 6.45) is 7.20. The number of hydrogen-bond donors (Lipinski definition) is 2. The number of ether oxygens (including phenoxy) is 2. The Kier molecular flexibility index (Phi) is 17.0. The van der Waals surface area contributed by atoms with Crippen molar-refractivity contribution in [3.8, 4) is 50.9 Å². The van der Waals surface area contributed by atoms with E-state index in [9.17, 15) is 10.2 Å². The molecule has 2 aromatic heterocycles. The molecular formula is C83H102F2N2O4. The second-order valence-electron chi connectivity index (χ2n) is 34.4. The lowest BCUT2D eigenvalue weighted by Crippen LogP contribution is -2.47. The minimum Gasteiger partial charge on any atom is -0.505 e. The third kappa shape index (κ3) is 13.3. The van der Waals surface area contributed by atoms with Gasteiger partial charge >= 0.3 is 0 Å². The first-order valence-corrected chi connectivity index (χ1v) is 33.0. The smallest absolute Gasteiger partial charge is 0.147 e. The molecule has 0 fully saturated rings. The fourth-order valence-electron chi connectivity index (χ4n) is 14.7. The Labute approximate surface area is 542 Å². The molecule has 0 bridgehead atoms. The van der Waals surface area contributed by atoms with E-state index >= 15 is 8.78 Å². The van der Waals surface area contributed by atoms with Crippen LogP contribution < -0.4 is 4.74 Å². The first-order chi connectivity index (χ1) is 42.0. The van der Waals surface area contributed by atoms with E-state index in [4.69, 9.17) is 9.47 Å². The monoisotopic (exact) mass is 1230 g/mol. The normalized spacial score (nSPS) is 15.6. The van der Waals surface area contributed by atoms with Crippen molar-refractivity contribution in [2.75, 3.05) is 13.2 Å². The van der Waals surface area contributed by atoms with Gasteiger partial charge in [-0.1, -0.05) is 183 Å². The van der Waals surface area contributed by atoms with Crippen LogP contribution >= 0.6 is 0 Å². The summed E-state index contributed by atoms with van der Waals surface area (Å²) in [7, 11) is 0. The van der Waals surface area contributed by atoms with Crippen molar-refractivity contribution in [3.05, 3.63) is 178 Å². The number of fused-ring (bicyclic) bond motifs is 6. The van der Waals surface area contributed by atoms with Gasteiger partial charge in [-0.2, -0.15) is 0 Å². The Morgan fingerprint density at radius 1 is 0.462 bits per heavy atom. The molecule has 0 amide bonds. The van der Waals surface area contributed by atoms with Crippen LogP contribution in [0, 0.1) is 27.9 Å². The number of phenolic OH excluding ortho intramolecular Hbond substituents is 2. The summed E-state index contributed by atoms with van der Waals surface area (Å²) in [6, 6.07) is 39.6. The Balaban J connectivity index is 1.03. The average Bonchev–Trinajstić information content (AvgIpc) is 1.59. The van der Waals surface area contributed by atoms with Gasteiger partial charge in [0, 0.05) is 45.7 Å². The maximum atomic E-state index is 16.0. The van der Waals surface area contributed by atoms with Gasteiger partial charge in [0.25, 0.3) is 0 Å². The van der Waals surface area contributed by atoms with Crippen LogP contribution in [0.25, 0.3) is 72.4 Å². The zero-order valence-corrected chi connectivity index (χ0v) is 58.8. The van der Waals surface area contributed by atoms with Crippen LogP contribution in [0.4, 0.5) is 8.78 Å². The van der Waals surface area contributed by atoms with E-state index in [-0.39, 0.29) is 67.2 Å². The highest BCUT2D eigenvalue weighted by atomic mass is 19.1. The van der Waals surface area contributed by atoms with Gasteiger partial charge in [-0.05, 0) is 198 Å². The number of benzene rings is 7. The van der Waals surface area contributed by atoms with Gasteiger partial charge in [-0.3, -0.25) is 0 Å². The molecule has 9 aromatic rings. The van der Waals surface area contributed by atoms with Crippen LogP contribution in [0.15, 0.2) is 127 Å². The first kappa shape index (κ1) is 66.8. The van der Waals surface area contributed by atoms with Crippen molar-refractivity contribution in [2.24, 2.45) is 16.2 Å². The van der Waals surface area contributed by atoms with E-state index in [0.29, 0.717) is 58.8 Å². The van der Waals surface area contributed by atoms with Gasteiger partial charge in [0.2, 0.25) is 0 Å². The molecule has 0 spiro atoms. The zero-order valence-electron chi connectivity index (χ0n) is 58.8. The maximum Gasteiger partial charge on any atom is 0.147 e. The highest BCUT2D eigenvalue weighted by Crippen LogP contribution is 2.52. The molecular weight excluding hydrogens is 1130 g/mol. The molecule has 7 aromatic carbocycles. The third-order valence-electron chi connectivity index (χ3n) is 19.1. The standard InChI is InChI=1S/C83H102F2N2O4/c1-75(2,3)49-81(19,20)55-43-59(51-25-23-26-57(84)39-51)73(88)70(45-55)87-68-33-29-54(79(13,14)15)42-62(68)65-48-83(80(16,17)18,36-35-69(65)87)91-38-24-37-90-72-34-30-58(85)47-63(72)64-44-56(82(21,22)50-76(4,5)6)46-71(74(64)89)86-66-31-27-52(77(7,8)9)40-60(66)61-41-53(78(10,11)12)28-32-67(61)86/h23,25-36,39-47,88-89H,24,37-38,48-50H2,1-22H3. The lowest BCUT2D eigenvalue weighted by atomic mass is 9.70. The Morgan fingerprint density at radius 3 is 1.43 bits per heavy atom. The minimum atomic E-state index is -0.763. The molecule has 91 heavy (non-hydrogen) atoms. The lowest BCUT2D eigenvalue weighted by Gasteiger charge is -2.44. The number of phenols is 2. The Bertz CT molecular complexity index is 4220. The van der Waals surface area contributed by atoms with Gasteiger partial charge in [-0.15, -0.1) is 0 Å². The van der Waals surface area contributed by atoms with Crippen LogP contribution in [-0.2, 0) is 38.2 Å². The van der Waals surface area contributed by atoms with Crippen LogP contribution in [0.5, 0.6) is 17.2 Å². The lowest BCUT2D eigenvalue weighted by molar-refractivity contribution is -0.0832. The van der Waals surface area contributed by atoms with Gasteiger partial charge < -0.3 is 28.8 Å². The van der Waals surface area contributed by atoms with Gasteiger partial charge in [0.05, 0.1) is 52.4 Å². The SMILES string of the molecule is CC(C)(C)CC(C)(C)c1cc(-c2cccc(F)c2)c(O)c(-n2c3c(c4cc(C(C)(C)C)ccc42)CC(OCCCOc2ccc(F)cc2-c2cc(C(C)(C)CC(C)(C)C)cc(-n4c5ccc(C(C)(C)C)cc5c5cc(C(C)(C)C)ccc54)c2O)(C(C)(C)C)C=C3)c1. The molecule has 1 aliphatic rings. The fourth-order valence-corrected chi connectivity index (χ4v) is 14.7. The van der Waals surface area contributed by atoms with E-state index in [0.717, 1.165) is 67.9 Å². The van der Waals surface area contributed by atoms with Crippen molar-refractivity contribution < 1.29 is 28.5 Å². The van der Waals surface area contributed by atoms with Crippen molar-refractivity contribution >= 4 is 38.8 Å². The van der Waals surface area contributed by atoms with E-state index in [1.165, 1.54) is 41.0 Å². The summed E-state index contributed by atoms with van der Waals surface area (Å²) in [5, 5.41) is 29.1. The molecule has 482 valence electrons. The predicted molar refractivity (Wildman–Crippen MR) is 379 cm³/mol. The molecule has 10 rings (SSSR count). The number of aromatic nitrogens is 2. The molecule has 0 radical (unpaired) electrons. The van der Waals surface area contributed by atoms with E-state index in [1.807, 2.05) is 12.1 Å². The van der Waals surface area contributed by atoms with Gasteiger partial charge in [0.15, 0.2) is 0 Å². The summed E-state index contributed by atoms with van der Waals surface area (Å²) in [6.45, 7) is 50.0. The Hall–Kier alpha value is -7.16. The molecule has 6 nitrogen and oxygen atoms in total. The number of aromatic hydroxyl groups is 2. The highest BCUT2D eigenvalue weighted by molar-refractivity contribution is 6.10. The molecule has 1 aliphatic carbocycles. The molecule has 2 heterocycles. The third-order valence-corrected chi connectivity index (χ3v) is 19.1. The van der Waals surface area contributed by atoms with Crippen LogP contribution in [0.2, 0.25) is 0 Å². The maximum absolute atomic E-state index is 16.0. The highest BCUT2D eigenvalue weighted by Gasteiger charge is 2.45. The minimum absolute atomic E-state index is 0.00783. The average molecular weight is 1230 g/mol. The number of halogens is 2. The summed E-state index contributed by atoms with van der Waals surface area (Å²) < 4.78 is 49.6. The summed E-state index contributed by atoms with van der Waals surface area (Å²) in [5.74, 6) is -0.207. The number of hydrogen-bond acceptors (Lipinski definition) is 4. The van der Waals surface area contributed by atoms with E-state index < -0.39 is 11.4 Å². The van der Waals surface area contributed by atoms with Crippen LogP contribution in [0.3, 0.4) is 0 Å². The quantitative estimate of drug-likeness (QED) is 0.106. The largest absolute Gasteiger partial charge is 0.505 e. The van der Waals surface area contributed by atoms with Crippen molar-refractivity contribution in [1.29, 1.82) is 0 Å². The molecule has 0 saturated heterocycles. The Morgan fingerprint density at radius 2 is 0.934 bits per heavy atom. The van der Waals surface area contributed by atoms with Crippen molar-refractivity contribution in [2.45, 2.75) is 211 Å². The van der Waals surface area contributed by atoms with E-state index in [2.05, 4.69) is 246 Å². The van der Waals surface area contributed by atoms with Crippen LogP contribution in [-0.4, -0.2) is 38.2 Å². The number of nitrogens with zero attached hydrogens (tertiary/aromatic N) is 2. The van der Waals surface area contributed by atoms with Crippen molar-refractivity contribution in [3.63, 3.8) is 0 Å². The zero-order chi connectivity index (χ0) is 66.7. The fraction of sp³-hybridized carbons (Fsp3) is 0.446. The summed E-state index contributed by atoms with van der Waals surface area (Å²) >= 11 is 0. The summed E-state index contributed by atoms with van der Waals surface area (Å²) in [5.41, 5.74) is 12.0. The van der Waals surface area contributed by atoms with Crippen LogP contribution in [0.1, 0.15) is 211 Å². The molecule has 1 unspecified atom stereocenters. The number of rotatable bonds is 14. The van der Waals surface area contributed by atoms with Crippen molar-refractivity contribution in [1.82, 2.24) is 9.13 Å². The molecule has 1 atom stereocenters. The molecule has 2 N–H and O–H groups in total. The molecule has 0 aliphatic heterocycles. The van der Waals surface area contributed by atoms with Gasteiger partial charge in [0.1, 0.15) is 28.9 Å². The topological polar surface area (TPSA) is 68.8 Å². The summed E-state index contributed by atoms with van der Waals surface area (Å²) in [4.78, 5) is 0. The predicted octanol–water partition coefficient (Wildman–Crippen LogP) is 22.9. The van der Waals surface area contributed by atoms with E-state index in [1.54, 1.807) is 12.1 Å². The second-order valence-corrected chi connectivity index (χ2v) is 34.4. The van der Waals surface area contributed by atoms with Gasteiger partial charge in [-0.25, -0.2) is 8.78 Å². The molecule has 0 saturated carbocycles. The molecule has 8 heteroatoms.